The van der Waals surface area contributed by atoms with Crippen LogP contribution in [0.2, 0.25) is 0 Å². The smallest absolute Gasteiger partial charge is 0.118 e. The second-order valence-electron chi connectivity index (χ2n) is 4.14. The molecule has 0 radical (unpaired) electrons. The highest BCUT2D eigenvalue weighted by Crippen LogP contribution is 2.16. The van der Waals surface area contributed by atoms with Crippen LogP contribution in [0.15, 0.2) is 52.3 Å². The fourth-order valence-corrected chi connectivity index (χ4v) is 1.85. The quantitative estimate of drug-likeness (QED) is 0.887. The summed E-state index contributed by atoms with van der Waals surface area (Å²) in [6.07, 6.45) is 5.11. The number of rotatable bonds is 4. The third kappa shape index (κ3) is 3.59. The first kappa shape index (κ1) is 13.6. The highest BCUT2D eigenvalue weighted by atomic mass is 35.5. The van der Waals surface area contributed by atoms with Gasteiger partial charge in [0.15, 0.2) is 0 Å². The number of aliphatic imine (C=N–C) groups is 1. The lowest BCUT2D eigenvalue weighted by atomic mass is 10.1. The number of nitrogens with two attached hydrogens (primary N) is 1. The van der Waals surface area contributed by atoms with Crippen LogP contribution >= 0.6 is 11.6 Å². The van der Waals surface area contributed by atoms with Crippen molar-refractivity contribution in [3.05, 3.63) is 52.8 Å². The molecule has 0 saturated heterocycles. The summed E-state index contributed by atoms with van der Waals surface area (Å²) in [5.41, 5.74) is 7.94. The van der Waals surface area contributed by atoms with Gasteiger partial charge in [0, 0.05) is 30.7 Å². The van der Waals surface area contributed by atoms with E-state index >= 15 is 0 Å². The monoisotopic (exact) mass is 277 g/mol. The average Bonchev–Trinajstić information content (AvgIpc) is 2.44. The summed E-state index contributed by atoms with van der Waals surface area (Å²) in [4.78, 5) is 4.01. The van der Waals surface area contributed by atoms with Crippen molar-refractivity contribution in [2.24, 2.45) is 10.7 Å². The van der Waals surface area contributed by atoms with Crippen molar-refractivity contribution in [2.75, 3.05) is 7.11 Å². The van der Waals surface area contributed by atoms with Crippen molar-refractivity contribution in [3.8, 4) is 5.75 Å². The summed E-state index contributed by atoms with van der Waals surface area (Å²) in [7, 11) is 1.65. The van der Waals surface area contributed by atoms with Gasteiger partial charge in [0.25, 0.3) is 0 Å². The van der Waals surface area contributed by atoms with Crippen molar-refractivity contribution in [1.82, 2.24) is 5.32 Å². The molecule has 100 valence electrons. The Bertz CT molecular complexity index is 520. The zero-order chi connectivity index (χ0) is 13.7. The van der Waals surface area contributed by atoms with Crippen LogP contribution in [0, 0.1) is 0 Å². The van der Waals surface area contributed by atoms with Gasteiger partial charge in [0.05, 0.1) is 18.2 Å². The minimum absolute atomic E-state index is 0.303. The highest BCUT2D eigenvalue weighted by molar-refractivity contribution is 6.31. The van der Waals surface area contributed by atoms with Crippen molar-refractivity contribution in [2.45, 2.75) is 12.6 Å². The predicted octanol–water partition coefficient (Wildman–Crippen LogP) is 2.16. The van der Waals surface area contributed by atoms with E-state index < -0.39 is 0 Å². The molecular weight excluding hydrogens is 262 g/mol. The molecule has 1 aromatic rings. The summed E-state index contributed by atoms with van der Waals surface area (Å²) in [6, 6.07) is 7.57. The molecule has 1 atom stereocenters. The van der Waals surface area contributed by atoms with E-state index in [1.54, 1.807) is 19.5 Å². The first-order chi connectivity index (χ1) is 9.20. The van der Waals surface area contributed by atoms with E-state index in [0.717, 1.165) is 16.9 Å². The second-order valence-corrected chi connectivity index (χ2v) is 4.58. The molecule has 1 aliphatic rings. The Morgan fingerprint density at radius 3 is 2.84 bits per heavy atom. The average molecular weight is 278 g/mol. The van der Waals surface area contributed by atoms with E-state index in [1.165, 1.54) is 0 Å². The maximum absolute atomic E-state index is 5.93. The zero-order valence-corrected chi connectivity index (χ0v) is 11.4. The van der Waals surface area contributed by atoms with Crippen molar-refractivity contribution < 1.29 is 4.74 Å². The molecular formula is C14H16ClN3O. The first-order valence-corrected chi connectivity index (χ1v) is 6.29. The van der Waals surface area contributed by atoms with Gasteiger partial charge in [0.2, 0.25) is 0 Å². The fraction of sp³-hybridized carbons (Fsp3) is 0.214. The molecule has 1 aromatic carbocycles. The SMILES string of the molecule is COc1ccc(CN/C=C2/C=NC=C(Cl)C2N)cc1. The first-order valence-electron chi connectivity index (χ1n) is 5.91. The summed E-state index contributed by atoms with van der Waals surface area (Å²) in [5.74, 6) is 0.848. The number of hydrogen-bond donors (Lipinski definition) is 2. The maximum atomic E-state index is 5.93. The van der Waals surface area contributed by atoms with Gasteiger partial charge < -0.3 is 15.8 Å². The van der Waals surface area contributed by atoms with Crippen LogP contribution in [-0.4, -0.2) is 19.4 Å². The number of nitrogens with one attached hydrogen (secondary N) is 1. The van der Waals surface area contributed by atoms with Gasteiger partial charge in [0.1, 0.15) is 5.75 Å². The maximum Gasteiger partial charge on any atom is 0.118 e. The van der Waals surface area contributed by atoms with Crippen LogP contribution in [0.5, 0.6) is 5.75 Å². The molecule has 0 saturated carbocycles. The van der Waals surface area contributed by atoms with E-state index in [0.29, 0.717) is 11.6 Å². The summed E-state index contributed by atoms with van der Waals surface area (Å²) in [6.45, 7) is 0.704. The molecule has 0 aromatic heterocycles. The Labute approximate surface area is 117 Å². The van der Waals surface area contributed by atoms with Gasteiger partial charge >= 0.3 is 0 Å². The van der Waals surface area contributed by atoms with Gasteiger partial charge in [-0.25, -0.2) is 0 Å². The number of halogens is 1. The lowest BCUT2D eigenvalue weighted by molar-refractivity contribution is 0.414. The molecule has 0 amide bonds. The molecule has 3 N–H and O–H groups in total. The molecule has 0 bridgehead atoms. The van der Waals surface area contributed by atoms with Crippen LogP contribution < -0.4 is 15.8 Å². The highest BCUT2D eigenvalue weighted by Gasteiger charge is 2.13. The van der Waals surface area contributed by atoms with Gasteiger partial charge in [-0.15, -0.1) is 0 Å². The van der Waals surface area contributed by atoms with E-state index in [9.17, 15) is 0 Å². The summed E-state index contributed by atoms with van der Waals surface area (Å²) < 4.78 is 5.11. The Hall–Kier alpha value is -1.78. The Morgan fingerprint density at radius 1 is 1.42 bits per heavy atom. The van der Waals surface area contributed by atoms with Gasteiger partial charge in [-0.2, -0.15) is 0 Å². The lowest BCUT2D eigenvalue weighted by Crippen LogP contribution is -2.27. The van der Waals surface area contributed by atoms with Crippen LogP contribution in [0.4, 0.5) is 0 Å². The number of methoxy groups -OCH3 is 1. The molecule has 1 unspecified atom stereocenters. The predicted molar refractivity (Wildman–Crippen MR) is 78.3 cm³/mol. The molecule has 0 aliphatic carbocycles. The molecule has 0 spiro atoms. The third-order valence-electron chi connectivity index (χ3n) is 2.81. The van der Waals surface area contributed by atoms with Crippen LogP contribution in [0.1, 0.15) is 5.56 Å². The van der Waals surface area contributed by atoms with Gasteiger partial charge in [-0.05, 0) is 17.7 Å². The van der Waals surface area contributed by atoms with Crippen molar-refractivity contribution >= 4 is 17.8 Å². The van der Waals surface area contributed by atoms with Crippen LogP contribution in [0.25, 0.3) is 0 Å². The second kappa shape index (κ2) is 6.41. The van der Waals surface area contributed by atoms with Crippen molar-refractivity contribution in [1.29, 1.82) is 0 Å². The normalized spacial score (nSPS) is 20.3. The largest absolute Gasteiger partial charge is 0.497 e. The number of ether oxygens (including phenoxy) is 1. The fourth-order valence-electron chi connectivity index (χ4n) is 1.67. The summed E-state index contributed by atoms with van der Waals surface area (Å²) in [5, 5.41) is 3.74. The summed E-state index contributed by atoms with van der Waals surface area (Å²) >= 11 is 5.93. The minimum atomic E-state index is -0.303. The molecule has 2 rings (SSSR count). The molecule has 19 heavy (non-hydrogen) atoms. The topological polar surface area (TPSA) is 59.6 Å². The molecule has 5 heteroatoms. The van der Waals surface area contributed by atoms with E-state index in [-0.39, 0.29) is 6.04 Å². The molecule has 4 nitrogen and oxygen atoms in total. The van der Waals surface area contributed by atoms with Crippen LogP contribution in [-0.2, 0) is 6.54 Å². The molecule has 0 fully saturated rings. The van der Waals surface area contributed by atoms with Crippen LogP contribution in [0.3, 0.4) is 0 Å². The number of nitrogens with zero attached hydrogens (tertiary/aromatic N) is 1. The molecule has 1 aliphatic heterocycles. The number of benzene rings is 1. The third-order valence-corrected chi connectivity index (χ3v) is 3.14. The van der Waals surface area contributed by atoms with Gasteiger partial charge in [-0.3, -0.25) is 4.99 Å². The van der Waals surface area contributed by atoms with E-state index in [4.69, 9.17) is 22.1 Å². The zero-order valence-electron chi connectivity index (χ0n) is 10.6. The minimum Gasteiger partial charge on any atom is -0.497 e. The standard InChI is InChI=1S/C14H16ClN3O/c1-19-12-4-2-10(3-5-12)6-17-7-11-8-18-9-13(15)14(11)16/h2-5,7-9,14,17H,6,16H2,1H3/b11-7-. The Kier molecular flexibility index (Phi) is 4.60. The Morgan fingerprint density at radius 2 is 2.16 bits per heavy atom. The van der Waals surface area contributed by atoms with E-state index in [1.807, 2.05) is 30.5 Å². The van der Waals surface area contributed by atoms with Crippen molar-refractivity contribution in [3.63, 3.8) is 0 Å². The van der Waals surface area contributed by atoms with Gasteiger partial charge in [-0.1, -0.05) is 23.7 Å². The molecule has 1 heterocycles. The van der Waals surface area contributed by atoms with E-state index in [2.05, 4.69) is 10.3 Å². The Balaban J connectivity index is 1.92. The number of hydrogen-bond acceptors (Lipinski definition) is 4. The lowest BCUT2D eigenvalue weighted by Gasteiger charge is -2.14.